The van der Waals surface area contributed by atoms with Crippen LogP contribution in [0.3, 0.4) is 0 Å². The Morgan fingerprint density at radius 2 is 2.27 bits per heavy atom. The molecule has 0 radical (unpaired) electrons. The molecule has 1 rings (SSSR count). The Morgan fingerprint density at radius 3 is 2.80 bits per heavy atom. The van der Waals surface area contributed by atoms with E-state index in [1.165, 1.54) is 0 Å². The summed E-state index contributed by atoms with van der Waals surface area (Å²) < 4.78 is 1.82. The van der Waals surface area contributed by atoms with Crippen LogP contribution in [-0.4, -0.2) is 28.0 Å². The zero-order chi connectivity index (χ0) is 11.3. The lowest BCUT2D eigenvalue weighted by atomic mass is 10.00. The van der Waals surface area contributed by atoms with Crippen molar-refractivity contribution in [2.24, 2.45) is 0 Å². The molecule has 0 aliphatic rings. The van der Waals surface area contributed by atoms with Gasteiger partial charge in [0.15, 0.2) is 0 Å². The second-order valence-electron chi connectivity index (χ2n) is 4.04. The van der Waals surface area contributed by atoms with Gasteiger partial charge in [0.2, 0.25) is 0 Å². The SMILES string of the molecule is CCCNCC(C)(O)c1cnn(CC)c1. The molecule has 4 heteroatoms. The monoisotopic (exact) mass is 211 g/mol. The van der Waals surface area contributed by atoms with Crippen LogP contribution in [0.15, 0.2) is 12.4 Å². The molecule has 1 heterocycles. The lowest BCUT2D eigenvalue weighted by Crippen LogP contribution is -2.35. The van der Waals surface area contributed by atoms with Gasteiger partial charge < -0.3 is 10.4 Å². The Kier molecular flexibility index (Phi) is 4.29. The van der Waals surface area contributed by atoms with Crippen molar-refractivity contribution in [2.75, 3.05) is 13.1 Å². The summed E-state index contributed by atoms with van der Waals surface area (Å²) in [5, 5.41) is 17.6. The van der Waals surface area contributed by atoms with Crippen molar-refractivity contribution in [2.45, 2.75) is 39.3 Å². The van der Waals surface area contributed by atoms with Gasteiger partial charge >= 0.3 is 0 Å². The van der Waals surface area contributed by atoms with Crippen LogP contribution in [0.2, 0.25) is 0 Å². The van der Waals surface area contributed by atoms with Gasteiger partial charge in [-0.15, -0.1) is 0 Å². The minimum Gasteiger partial charge on any atom is -0.384 e. The van der Waals surface area contributed by atoms with Gasteiger partial charge in [-0.2, -0.15) is 5.10 Å². The highest BCUT2D eigenvalue weighted by Gasteiger charge is 2.23. The van der Waals surface area contributed by atoms with Crippen LogP contribution in [0.25, 0.3) is 0 Å². The molecule has 86 valence electrons. The molecule has 0 saturated heterocycles. The lowest BCUT2D eigenvalue weighted by molar-refractivity contribution is 0.0571. The Bertz CT molecular complexity index is 294. The summed E-state index contributed by atoms with van der Waals surface area (Å²) in [4.78, 5) is 0. The van der Waals surface area contributed by atoms with Gasteiger partial charge in [-0.3, -0.25) is 4.68 Å². The molecule has 0 saturated carbocycles. The molecule has 0 aliphatic carbocycles. The predicted molar refractivity (Wildman–Crippen MR) is 60.6 cm³/mol. The van der Waals surface area contributed by atoms with Crippen LogP contribution >= 0.6 is 0 Å². The van der Waals surface area contributed by atoms with E-state index < -0.39 is 5.60 Å². The number of hydrogen-bond donors (Lipinski definition) is 2. The van der Waals surface area contributed by atoms with E-state index in [1.54, 1.807) is 6.20 Å². The van der Waals surface area contributed by atoms with Crippen molar-refractivity contribution in [3.05, 3.63) is 18.0 Å². The first-order chi connectivity index (χ1) is 7.10. The maximum Gasteiger partial charge on any atom is 0.102 e. The van der Waals surface area contributed by atoms with Crippen molar-refractivity contribution in [1.82, 2.24) is 15.1 Å². The van der Waals surface area contributed by atoms with Crippen LogP contribution in [0, 0.1) is 0 Å². The van der Waals surface area contributed by atoms with Gasteiger partial charge in [-0.1, -0.05) is 6.92 Å². The highest BCUT2D eigenvalue weighted by Crippen LogP contribution is 2.18. The molecule has 4 nitrogen and oxygen atoms in total. The third-order valence-corrected chi connectivity index (χ3v) is 2.48. The van der Waals surface area contributed by atoms with E-state index >= 15 is 0 Å². The van der Waals surface area contributed by atoms with Crippen LogP contribution in [0.1, 0.15) is 32.8 Å². The second-order valence-corrected chi connectivity index (χ2v) is 4.04. The lowest BCUT2D eigenvalue weighted by Gasteiger charge is -2.22. The number of aromatic nitrogens is 2. The van der Waals surface area contributed by atoms with E-state index in [0.29, 0.717) is 6.54 Å². The number of aliphatic hydroxyl groups is 1. The molecule has 0 aliphatic heterocycles. The molecule has 2 N–H and O–H groups in total. The predicted octanol–water partition coefficient (Wildman–Crippen LogP) is 1.11. The maximum absolute atomic E-state index is 10.2. The topological polar surface area (TPSA) is 50.1 Å². The molecular weight excluding hydrogens is 190 g/mol. The number of nitrogens with zero attached hydrogens (tertiary/aromatic N) is 2. The molecule has 1 aromatic heterocycles. The zero-order valence-corrected chi connectivity index (χ0v) is 9.82. The summed E-state index contributed by atoms with van der Waals surface area (Å²) in [6.07, 6.45) is 4.70. The van der Waals surface area contributed by atoms with Crippen molar-refractivity contribution in [3.63, 3.8) is 0 Å². The Balaban J connectivity index is 2.59. The normalized spacial score (nSPS) is 15.2. The number of aryl methyl sites for hydroxylation is 1. The molecule has 0 fully saturated rings. The Morgan fingerprint density at radius 1 is 1.53 bits per heavy atom. The molecule has 1 atom stereocenters. The molecule has 1 aromatic rings. The summed E-state index contributed by atoms with van der Waals surface area (Å²) in [6, 6.07) is 0. The molecule has 0 amide bonds. The summed E-state index contributed by atoms with van der Waals surface area (Å²) in [6.45, 7) is 8.27. The minimum absolute atomic E-state index is 0.566. The maximum atomic E-state index is 10.2. The molecular formula is C11H21N3O. The van der Waals surface area contributed by atoms with Crippen LogP contribution < -0.4 is 5.32 Å². The fraction of sp³-hybridized carbons (Fsp3) is 0.727. The van der Waals surface area contributed by atoms with Crippen LogP contribution in [-0.2, 0) is 12.1 Å². The van der Waals surface area contributed by atoms with E-state index in [2.05, 4.69) is 17.3 Å². The average Bonchev–Trinajstić information content (AvgIpc) is 2.66. The van der Waals surface area contributed by atoms with Gasteiger partial charge in [0, 0.05) is 24.8 Å². The first-order valence-corrected chi connectivity index (χ1v) is 5.56. The smallest absolute Gasteiger partial charge is 0.102 e. The van der Waals surface area contributed by atoms with E-state index in [9.17, 15) is 5.11 Å². The van der Waals surface area contributed by atoms with Crippen molar-refractivity contribution >= 4 is 0 Å². The van der Waals surface area contributed by atoms with E-state index in [0.717, 1.165) is 25.1 Å². The van der Waals surface area contributed by atoms with E-state index in [-0.39, 0.29) is 0 Å². The van der Waals surface area contributed by atoms with Gasteiger partial charge in [0.25, 0.3) is 0 Å². The van der Waals surface area contributed by atoms with Gasteiger partial charge in [0.05, 0.1) is 6.20 Å². The number of rotatable bonds is 6. The highest BCUT2D eigenvalue weighted by atomic mass is 16.3. The molecule has 0 aromatic carbocycles. The summed E-state index contributed by atoms with van der Waals surface area (Å²) in [5.74, 6) is 0. The standard InChI is InChI=1S/C11H21N3O/c1-4-6-12-9-11(3,15)10-7-13-14(5-2)8-10/h7-8,12,15H,4-6,9H2,1-3H3. The van der Waals surface area contributed by atoms with Gasteiger partial charge in [-0.05, 0) is 26.8 Å². The molecule has 0 spiro atoms. The van der Waals surface area contributed by atoms with Crippen molar-refractivity contribution in [3.8, 4) is 0 Å². The summed E-state index contributed by atoms with van der Waals surface area (Å²) in [7, 11) is 0. The number of hydrogen-bond acceptors (Lipinski definition) is 3. The first-order valence-electron chi connectivity index (χ1n) is 5.56. The Labute approximate surface area is 91.3 Å². The van der Waals surface area contributed by atoms with E-state index in [1.807, 2.05) is 24.7 Å². The largest absolute Gasteiger partial charge is 0.384 e. The van der Waals surface area contributed by atoms with Crippen LogP contribution in [0.5, 0.6) is 0 Å². The fourth-order valence-electron chi connectivity index (χ4n) is 1.43. The third kappa shape index (κ3) is 3.32. The van der Waals surface area contributed by atoms with E-state index in [4.69, 9.17) is 0 Å². The third-order valence-electron chi connectivity index (χ3n) is 2.48. The fourth-order valence-corrected chi connectivity index (χ4v) is 1.43. The summed E-state index contributed by atoms with van der Waals surface area (Å²) >= 11 is 0. The van der Waals surface area contributed by atoms with Crippen molar-refractivity contribution < 1.29 is 5.11 Å². The van der Waals surface area contributed by atoms with Gasteiger partial charge in [-0.25, -0.2) is 0 Å². The molecule has 0 bridgehead atoms. The molecule has 1 unspecified atom stereocenters. The second kappa shape index (κ2) is 5.28. The average molecular weight is 211 g/mol. The number of nitrogens with one attached hydrogen (secondary N) is 1. The van der Waals surface area contributed by atoms with Crippen LogP contribution in [0.4, 0.5) is 0 Å². The first kappa shape index (κ1) is 12.2. The van der Waals surface area contributed by atoms with Gasteiger partial charge in [0.1, 0.15) is 5.60 Å². The quantitative estimate of drug-likeness (QED) is 0.693. The zero-order valence-electron chi connectivity index (χ0n) is 9.82. The van der Waals surface area contributed by atoms with Crippen molar-refractivity contribution in [1.29, 1.82) is 0 Å². The highest BCUT2D eigenvalue weighted by molar-refractivity contribution is 5.14. The minimum atomic E-state index is -0.831. The molecule has 15 heavy (non-hydrogen) atoms. The summed E-state index contributed by atoms with van der Waals surface area (Å²) in [5.41, 5.74) is 0.0377. The Hall–Kier alpha value is -0.870.